The minimum absolute atomic E-state index is 0.0927. The Balaban J connectivity index is 1.69. The fourth-order valence-corrected chi connectivity index (χ4v) is 3.79. The maximum absolute atomic E-state index is 13.1. The van der Waals surface area contributed by atoms with E-state index in [0.717, 1.165) is 22.0 Å². The Morgan fingerprint density at radius 2 is 1.97 bits per heavy atom. The van der Waals surface area contributed by atoms with Gasteiger partial charge in [0.05, 0.1) is 12.6 Å². The lowest BCUT2D eigenvalue weighted by Gasteiger charge is -2.20. The number of rotatable bonds is 6. The summed E-state index contributed by atoms with van der Waals surface area (Å²) in [6.07, 6.45) is 3.51. The first-order valence-electron chi connectivity index (χ1n) is 9.97. The first kappa shape index (κ1) is 20.4. The van der Waals surface area contributed by atoms with E-state index in [1.807, 2.05) is 73.3 Å². The number of para-hydroxylation sites is 1. The third-order valence-corrected chi connectivity index (χ3v) is 5.38. The largest absolute Gasteiger partial charge is 0.497 e. The zero-order valence-corrected chi connectivity index (χ0v) is 17.7. The molecule has 0 spiro atoms. The van der Waals surface area contributed by atoms with Crippen molar-refractivity contribution in [2.75, 3.05) is 7.11 Å². The summed E-state index contributed by atoms with van der Waals surface area (Å²) in [6.45, 7) is 1.80. The van der Waals surface area contributed by atoms with Crippen LogP contribution in [-0.4, -0.2) is 27.1 Å². The molecule has 0 fully saturated rings. The average molecular weight is 416 g/mol. The van der Waals surface area contributed by atoms with Crippen LogP contribution >= 0.6 is 0 Å². The third kappa shape index (κ3) is 4.07. The average Bonchev–Trinajstić information content (AvgIpc) is 3.20. The number of nitrogens with one attached hydrogen (secondary N) is 1. The van der Waals surface area contributed by atoms with E-state index in [9.17, 15) is 9.59 Å². The van der Waals surface area contributed by atoms with Crippen LogP contribution in [0.4, 0.5) is 0 Å². The molecule has 0 saturated heterocycles. The van der Waals surface area contributed by atoms with Gasteiger partial charge in [-0.05, 0) is 36.2 Å². The number of pyridine rings is 1. The van der Waals surface area contributed by atoms with Crippen LogP contribution in [0.15, 0.2) is 71.8 Å². The number of methoxy groups -OCH3 is 1. The lowest BCUT2D eigenvalue weighted by Crippen LogP contribution is -2.36. The molecule has 7 nitrogen and oxygen atoms in total. The number of nitrogens with zero attached hydrogens (tertiary/aromatic N) is 3. The number of aromatic nitrogens is 3. The molecular weight excluding hydrogens is 392 g/mol. The van der Waals surface area contributed by atoms with Crippen LogP contribution in [0, 0.1) is 6.92 Å². The van der Waals surface area contributed by atoms with Gasteiger partial charge in [-0.3, -0.25) is 14.2 Å². The molecule has 0 saturated carbocycles. The molecule has 0 unspecified atom stereocenters. The Kier molecular flexibility index (Phi) is 5.58. The number of carbonyl (C=O) groups excluding carboxylic acids is 1. The van der Waals surface area contributed by atoms with E-state index < -0.39 is 6.04 Å². The van der Waals surface area contributed by atoms with E-state index in [0.29, 0.717) is 11.6 Å². The standard InChI is InChI=1S/C24H24N4O3/c1-16-13-22(30)28(20-10-5-4-9-19(16)20)15-21(29)26-23(24-25-11-12-27(24)2)17-7-6-8-18(14-17)31-3/h4-14,23H,15H2,1-3H3,(H,26,29)/t23-/m1/s1. The normalized spacial score (nSPS) is 12.0. The zero-order valence-electron chi connectivity index (χ0n) is 17.7. The molecule has 158 valence electrons. The highest BCUT2D eigenvalue weighted by Crippen LogP contribution is 2.24. The second-order valence-electron chi connectivity index (χ2n) is 7.44. The molecule has 1 atom stereocenters. The maximum atomic E-state index is 13.1. The predicted molar refractivity (Wildman–Crippen MR) is 119 cm³/mol. The van der Waals surface area contributed by atoms with Crippen molar-refractivity contribution in [2.24, 2.45) is 7.05 Å². The SMILES string of the molecule is COc1cccc([C@@H](NC(=O)Cn2c(=O)cc(C)c3ccccc32)c2nccn2C)c1. The lowest BCUT2D eigenvalue weighted by atomic mass is 10.1. The molecule has 4 aromatic rings. The van der Waals surface area contributed by atoms with Crippen molar-refractivity contribution in [2.45, 2.75) is 19.5 Å². The van der Waals surface area contributed by atoms with Crippen LogP contribution in [0.25, 0.3) is 10.9 Å². The Morgan fingerprint density at radius 3 is 2.71 bits per heavy atom. The summed E-state index contributed by atoms with van der Waals surface area (Å²) < 4.78 is 8.70. The molecule has 0 aliphatic heterocycles. The third-order valence-electron chi connectivity index (χ3n) is 5.38. The summed E-state index contributed by atoms with van der Waals surface area (Å²) in [5, 5.41) is 3.99. The summed E-state index contributed by atoms with van der Waals surface area (Å²) >= 11 is 0. The van der Waals surface area contributed by atoms with Crippen molar-refractivity contribution in [1.82, 2.24) is 19.4 Å². The van der Waals surface area contributed by atoms with Gasteiger partial charge in [0.25, 0.3) is 5.56 Å². The number of benzene rings is 2. The number of ether oxygens (including phenoxy) is 1. The van der Waals surface area contributed by atoms with Gasteiger partial charge in [-0.2, -0.15) is 0 Å². The Labute approximate surface area is 179 Å². The van der Waals surface area contributed by atoms with Gasteiger partial charge in [0.15, 0.2) is 0 Å². The molecule has 2 heterocycles. The van der Waals surface area contributed by atoms with Crippen molar-refractivity contribution >= 4 is 16.8 Å². The van der Waals surface area contributed by atoms with E-state index in [1.54, 1.807) is 19.4 Å². The van der Waals surface area contributed by atoms with Crippen LogP contribution < -0.4 is 15.6 Å². The van der Waals surface area contributed by atoms with Gasteiger partial charge >= 0.3 is 0 Å². The van der Waals surface area contributed by atoms with E-state index in [1.165, 1.54) is 4.57 Å². The van der Waals surface area contributed by atoms with Gasteiger partial charge in [-0.25, -0.2) is 4.98 Å². The highest BCUT2D eigenvalue weighted by molar-refractivity contribution is 5.84. The molecule has 31 heavy (non-hydrogen) atoms. The molecule has 0 bridgehead atoms. The quantitative estimate of drug-likeness (QED) is 0.524. The number of amides is 1. The number of aryl methyl sites for hydroxylation is 2. The summed E-state index contributed by atoms with van der Waals surface area (Å²) in [4.78, 5) is 30.2. The zero-order chi connectivity index (χ0) is 22.0. The molecule has 1 amide bonds. The highest BCUT2D eigenvalue weighted by atomic mass is 16.5. The van der Waals surface area contributed by atoms with Gasteiger partial charge in [0.1, 0.15) is 24.2 Å². The number of hydrogen-bond donors (Lipinski definition) is 1. The van der Waals surface area contributed by atoms with Crippen LogP contribution in [0.1, 0.15) is 23.0 Å². The Morgan fingerprint density at radius 1 is 1.16 bits per heavy atom. The molecular formula is C24H24N4O3. The lowest BCUT2D eigenvalue weighted by molar-refractivity contribution is -0.122. The molecule has 7 heteroatoms. The number of fused-ring (bicyclic) bond motifs is 1. The van der Waals surface area contributed by atoms with E-state index in [2.05, 4.69) is 10.3 Å². The molecule has 1 N–H and O–H groups in total. The van der Waals surface area contributed by atoms with E-state index in [4.69, 9.17) is 4.74 Å². The van der Waals surface area contributed by atoms with Crippen molar-refractivity contribution in [3.8, 4) is 5.75 Å². The molecule has 2 aromatic heterocycles. The van der Waals surface area contributed by atoms with E-state index >= 15 is 0 Å². The summed E-state index contributed by atoms with van der Waals surface area (Å²) in [5.41, 5.74) is 2.25. The molecule has 4 rings (SSSR count). The van der Waals surface area contributed by atoms with Crippen molar-refractivity contribution < 1.29 is 9.53 Å². The second-order valence-corrected chi connectivity index (χ2v) is 7.44. The smallest absolute Gasteiger partial charge is 0.251 e. The fraction of sp³-hybridized carbons (Fsp3) is 0.208. The van der Waals surface area contributed by atoms with Gasteiger partial charge in [-0.1, -0.05) is 30.3 Å². The molecule has 0 radical (unpaired) electrons. The van der Waals surface area contributed by atoms with Crippen molar-refractivity contribution in [3.63, 3.8) is 0 Å². The van der Waals surface area contributed by atoms with Gasteiger partial charge in [-0.15, -0.1) is 0 Å². The minimum atomic E-state index is -0.491. The highest BCUT2D eigenvalue weighted by Gasteiger charge is 2.22. The summed E-state index contributed by atoms with van der Waals surface area (Å²) in [5.74, 6) is 1.08. The summed E-state index contributed by atoms with van der Waals surface area (Å²) in [6, 6.07) is 16.2. The Hall–Kier alpha value is -3.87. The van der Waals surface area contributed by atoms with Crippen molar-refractivity contribution in [1.29, 1.82) is 0 Å². The van der Waals surface area contributed by atoms with Crippen LogP contribution in [0.5, 0.6) is 5.75 Å². The molecule has 0 aliphatic carbocycles. The van der Waals surface area contributed by atoms with Gasteiger partial charge in [0.2, 0.25) is 5.91 Å². The first-order valence-corrected chi connectivity index (χ1v) is 9.97. The van der Waals surface area contributed by atoms with E-state index in [-0.39, 0.29) is 18.0 Å². The number of imidazole rings is 1. The monoisotopic (exact) mass is 416 g/mol. The minimum Gasteiger partial charge on any atom is -0.497 e. The van der Waals surface area contributed by atoms with Crippen LogP contribution in [0.3, 0.4) is 0 Å². The van der Waals surface area contributed by atoms with Crippen LogP contribution in [0.2, 0.25) is 0 Å². The maximum Gasteiger partial charge on any atom is 0.251 e. The van der Waals surface area contributed by atoms with Crippen molar-refractivity contribution in [3.05, 3.63) is 94.3 Å². The molecule has 2 aromatic carbocycles. The fourth-order valence-electron chi connectivity index (χ4n) is 3.79. The number of carbonyl (C=O) groups is 1. The molecule has 0 aliphatic rings. The van der Waals surface area contributed by atoms with Gasteiger partial charge < -0.3 is 14.6 Å². The Bertz CT molecular complexity index is 1310. The van der Waals surface area contributed by atoms with Crippen LogP contribution in [-0.2, 0) is 18.4 Å². The predicted octanol–water partition coefficient (Wildman–Crippen LogP) is 2.96. The first-order chi connectivity index (χ1) is 15.0. The second kappa shape index (κ2) is 8.47. The topological polar surface area (TPSA) is 78.2 Å². The van der Waals surface area contributed by atoms with Gasteiger partial charge in [0, 0.05) is 30.9 Å². The summed E-state index contributed by atoms with van der Waals surface area (Å²) in [7, 11) is 3.47. The number of hydrogen-bond acceptors (Lipinski definition) is 4.